The summed E-state index contributed by atoms with van der Waals surface area (Å²) in [6, 6.07) is 13.3. The normalized spacial score (nSPS) is 10.5. The number of thioether (sulfide) groups is 1. The van der Waals surface area contributed by atoms with Gasteiger partial charge in [-0.1, -0.05) is 46.8 Å². The number of thiophene rings is 1. The van der Waals surface area contributed by atoms with Crippen LogP contribution >= 0.6 is 46.0 Å². The van der Waals surface area contributed by atoms with Crippen molar-refractivity contribution < 1.29 is 4.79 Å². The number of anilines is 1. The number of hydrogen-bond acceptors (Lipinski definition) is 7. The first-order valence-corrected chi connectivity index (χ1v) is 10.6. The molecule has 9 heteroatoms. The smallest absolute Gasteiger partial charge is 0.226 e. The second-order valence-corrected chi connectivity index (χ2v) is 9.22. The molecule has 0 saturated carbocycles. The van der Waals surface area contributed by atoms with Crippen LogP contribution in [0.4, 0.5) is 5.13 Å². The molecule has 0 aliphatic carbocycles. The van der Waals surface area contributed by atoms with Crippen molar-refractivity contribution in [1.82, 2.24) is 10.2 Å². The van der Waals surface area contributed by atoms with Gasteiger partial charge in [0.15, 0.2) is 4.34 Å². The predicted octanol–water partition coefficient (Wildman–Crippen LogP) is 4.99. The fourth-order valence-electron chi connectivity index (χ4n) is 2.04. The quantitative estimate of drug-likeness (QED) is 0.430. The van der Waals surface area contributed by atoms with Crippen molar-refractivity contribution in [3.05, 3.63) is 56.7 Å². The molecule has 0 aliphatic rings. The van der Waals surface area contributed by atoms with Crippen LogP contribution in [-0.2, 0) is 17.0 Å². The third kappa shape index (κ3) is 5.54. The fraction of sp³-hybridized carbons (Fsp3) is 0.176. The van der Waals surface area contributed by atoms with Crippen LogP contribution in [0.2, 0.25) is 4.34 Å². The van der Waals surface area contributed by atoms with Gasteiger partial charge in [0.2, 0.25) is 11.0 Å². The Labute approximate surface area is 168 Å². The number of carbonyl (C=O) groups excluding carboxylic acids is 1. The highest BCUT2D eigenvalue weighted by atomic mass is 35.5. The van der Waals surface area contributed by atoms with Crippen LogP contribution in [0.1, 0.15) is 22.4 Å². The number of amides is 1. The molecule has 2 heterocycles. The molecular weight excluding hydrogens is 408 g/mol. The average Bonchev–Trinajstić information content (AvgIpc) is 3.27. The molecule has 0 atom stereocenters. The Hall–Kier alpha value is -1.92. The molecule has 1 aromatic carbocycles. The summed E-state index contributed by atoms with van der Waals surface area (Å²) < 4.78 is 1.52. The van der Waals surface area contributed by atoms with E-state index in [0.29, 0.717) is 23.5 Å². The Kier molecular flexibility index (Phi) is 6.63. The van der Waals surface area contributed by atoms with Crippen LogP contribution in [0.15, 0.2) is 40.7 Å². The Morgan fingerprint density at radius 3 is 2.69 bits per heavy atom. The van der Waals surface area contributed by atoms with E-state index in [2.05, 4.69) is 21.6 Å². The Bertz CT molecular complexity index is 930. The molecule has 0 spiro atoms. The Morgan fingerprint density at radius 1 is 1.19 bits per heavy atom. The summed E-state index contributed by atoms with van der Waals surface area (Å²) in [7, 11) is 0. The summed E-state index contributed by atoms with van der Waals surface area (Å²) in [5.74, 6) is 0.641. The number of aryl methyl sites for hydroxylation is 1. The molecule has 0 fully saturated rings. The first kappa shape index (κ1) is 18.9. The van der Waals surface area contributed by atoms with Gasteiger partial charge in [0.05, 0.1) is 16.0 Å². The number of hydrogen-bond donors (Lipinski definition) is 1. The summed E-state index contributed by atoms with van der Waals surface area (Å²) in [5, 5.41) is 20.2. The summed E-state index contributed by atoms with van der Waals surface area (Å²) in [6.45, 7) is 0. The third-order valence-corrected chi connectivity index (χ3v) is 6.66. The highest BCUT2D eigenvalue weighted by Gasteiger charge is 2.10. The summed E-state index contributed by atoms with van der Waals surface area (Å²) >= 11 is 10.3. The minimum atomic E-state index is -0.0886. The molecule has 1 N–H and O–H groups in total. The lowest BCUT2D eigenvalue weighted by atomic mass is 10.2. The van der Waals surface area contributed by atoms with Crippen LogP contribution in [0, 0.1) is 11.3 Å². The number of benzene rings is 1. The molecule has 1 amide bonds. The monoisotopic (exact) mass is 420 g/mol. The molecular formula is C17H13ClN4OS3. The lowest BCUT2D eigenvalue weighted by Crippen LogP contribution is -2.11. The Morgan fingerprint density at radius 2 is 2.00 bits per heavy atom. The lowest BCUT2D eigenvalue weighted by molar-refractivity contribution is -0.116. The molecule has 3 rings (SSSR count). The van der Waals surface area contributed by atoms with E-state index < -0.39 is 0 Å². The van der Waals surface area contributed by atoms with Gasteiger partial charge in [-0.3, -0.25) is 4.79 Å². The Balaban J connectivity index is 1.46. The van der Waals surface area contributed by atoms with Crippen LogP contribution in [0.25, 0.3) is 0 Å². The third-order valence-electron chi connectivity index (χ3n) is 3.33. The largest absolute Gasteiger partial charge is 0.300 e. The standard InChI is InChI=1S/C17H13ClN4OS3/c18-14-7-5-13(25-14)6-8-15(23)20-16-21-22-17(26-16)24-10-12-3-1-11(9-19)2-4-12/h1-5,7H,6,8,10H2,(H,20,21,23). The highest BCUT2D eigenvalue weighted by molar-refractivity contribution is 8.00. The van der Waals surface area contributed by atoms with Crippen molar-refractivity contribution in [1.29, 1.82) is 5.26 Å². The number of aromatic nitrogens is 2. The van der Waals surface area contributed by atoms with Gasteiger partial charge in [-0.05, 0) is 36.2 Å². The van der Waals surface area contributed by atoms with E-state index in [1.165, 1.54) is 22.7 Å². The minimum absolute atomic E-state index is 0.0886. The molecule has 3 aromatic rings. The molecule has 0 saturated heterocycles. The molecule has 5 nitrogen and oxygen atoms in total. The van der Waals surface area contributed by atoms with Crippen molar-refractivity contribution in [2.75, 3.05) is 5.32 Å². The number of rotatable bonds is 7. The maximum Gasteiger partial charge on any atom is 0.226 e. The van der Waals surface area contributed by atoms with Gasteiger partial charge in [-0.2, -0.15) is 5.26 Å². The number of nitriles is 1. The molecule has 0 aliphatic heterocycles. The SMILES string of the molecule is N#Cc1ccc(CSc2nnc(NC(=O)CCc3ccc(Cl)s3)s2)cc1. The van der Waals surface area contributed by atoms with E-state index in [1.54, 1.807) is 23.9 Å². The van der Waals surface area contributed by atoms with E-state index >= 15 is 0 Å². The minimum Gasteiger partial charge on any atom is -0.300 e. The first-order valence-electron chi connectivity index (χ1n) is 7.62. The van der Waals surface area contributed by atoms with Crippen molar-refractivity contribution in [2.45, 2.75) is 22.9 Å². The van der Waals surface area contributed by atoms with E-state index in [9.17, 15) is 4.79 Å². The van der Waals surface area contributed by atoms with E-state index in [-0.39, 0.29) is 5.91 Å². The second-order valence-electron chi connectivity index (χ2n) is 5.22. The average molecular weight is 421 g/mol. The molecule has 2 aromatic heterocycles. The number of nitrogens with one attached hydrogen (secondary N) is 1. The van der Waals surface area contributed by atoms with Crippen molar-refractivity contribution in [3.8, 4) is 6.07 Å². The number of halogens is 1. The number of carbonyl (C=O) groups is 1. The van der Waals surface area contributed by atoms with Crippen LogP contribution in [-0.4, -0.2) is 16.1 Å². The predicted molar refractivity (Wildman–Crippen MR) is 107 cm³/mol. The summed E-state index contributed by atoms with van der Waals surface area (Å²) in [4.78, 5) is 13.1. The maximum atomic E-state index is 12.0. The van der Waals surface area contributed by atoms with Crippen molar-refractivity contribution >= 4 is 57.1 Å². The van der Waals surface area contributed by atoms with Gasteiger partial charge >= 0.3 is 0 Å². The molecule has 0 radical (unpaired) electrons. The molecule has 132 valence electrons. The second kappa shape index (κ2) is 9.14. The highest BCUT2D eigenvalue weighted by Crippen LogP contribution is 2.28. The van der Waals surface area contributed by atoms with Gasteiger partial charge in [0.25, 0.3) is 0 Å². The zero-order chi connectivity index (χ0) is 18.4. The maximum absolute atomic E-state index is 12.0. The summed E-state index contributed by atoms with van der Waals surface area (Å²) in [6.07, 6.45) is 1.03. The van der Waals surface area contributed by atoms with Gasteiger partial charge in [-0.15, -0.1) is 21.5 Å². The topological polar surface area (TPSA) is 78.7 Å². The zero-order valence-corrected chi connectivity index (χ0v) is 16.6. The van der Waals surface area contributed by atoms with Crippen LogP contribution in [0.3, 0.4) is 0 Å². The van der Waals surface area contributed by atoms with Crippen molar-refractivity contribution in [3.63, 3.8) is 0 Å². The first-order chi connectivity index (χ1) is 12.6. The fourth-order valence-corrected chi connectivity index (χ4v) is 4.85. The van der Waals surface area contributed by atoms with Crippen molar-refractivity contribution in [2.24, 2.45) is 0 Å². The van der Waals surface area contributed by atoms with Gasteiger partial charge in [0.1, 0.15) is 0 Å². The van der Waals surface area contributed by atoms with E-state index in [1.807, 2.05) is 24.3 Å². The molecule has 0 unspecified atom stereocenters. The van der Waals surface area contributed by atoms with Gasteiger partial charge in [0, 0.05) is 17.1 Å². The van der Waals surface area contributed by atoms with Gasteiger partial charge < -0.3 is 5.32 Å². The zero-order valence-electron chi connectivity index (χ0n) is 13.4. The molecule has 26 heavy (non-hydrogen) atoms. The molecule has 0 bridgehead atoms. The van der Waals surface area contributed by atoms with E-state index in [0.717, 1.165) is 24.9 Å². The lowest BCUT2D eigenvalue weighted by Gasteiger charge is -1.99. The van der Waals surface area contributed by atoms with Crippen LogP contribution in [0.5, 0.6) is 0 Å². The van der Waals surface area contributed by atoms with E-state index in [4.69, 9.17) is 16.9 Å². The number of nitrogens with zero attached hydrogens (tertiary/aromatic N) is 3. The van der Waals surface area contributed by atoms with Gasteiger partial charge in [-0.25, -0.2) is 0 Å². The van der Waals surface area contributed by atoms with Crippen LogP contribution < -0.4 is 5.32 Å². The summed E-state index contributed by atoms with van der Waals surface area (Å²) in [5.41, 5.74) is 1.74.